The maximum atomic E-state index is 6.06. The Balaban J connectivity index is 2.21. The minimum atomic E-state index is 0.423. The number of halogens is 1. The topological polar surface area (TPSA) is 29.3 Å². The lowest BCUT2D eigenvalue weighted by Crippen LogP contribution is -2.27. The van der Waals surface area contributed by atoms with Crippen LogP contribution in [0.4, 0.5) is 5.69 Å². The van der Waals surface area contributed by atoms with E-state index in [0.717, 1.165) is 36.2 Å². The molecule has 0 spiro atoms. The van der Waals surface area contributed by atoms with E-state index >= 15 is 0 Å². The molecular weight excluding hydrogens is 288 g/mol. The van der Waals surface area contributed by atoms with Gasteiger partial charge in [-0.1, -0.05) is 37.7 Å². The third kappa shape index (κ3) is 3.64. The van der Waals surface area contributed by atoms with Crippen LogP contribution in [-0.2, 0) is 0 Å². The zero-order valence-electron chi connectivity index (χ0n) is 12.2. The fourth-order valence-electron chi connectivity index (χ4n) is 3.01. The predicted octanol–water partition coefficient (Wildman–Crippen LogP) is 4.24. The Kier molecular flexibility index (Phi) is 5.28. The summed E-state index contributed by atoms with van der Waals surface area (Å²) in [4.78, 5) is 2.83. The van der Waals surface area contributed by atoms with Crippen molar-refractivity contribution in [3.63, 3.8) is 0 Å². The summed E-state index contributed by atoms with van der Waals surface area (Å²) < 4.78 is 0. The Morgan fingerprint density at radius 3 is 2.75 bits per heavy atom. The lowest BCUT2D eigenvalue weighted by atomic mass is 9.89. The minimum Gasteiger partial charge on any atom is -0.389 e. The summed E-state index contributed by atoms with van der Waals surface area (Å²) in [7, 11) is 0. The summed E-state index contributed by atoms with van der Waals surface area (Å²) >= 11 is 11.2. The molecule has 1 unspecified atom stereocenters. The van der Waals surface area contributed by atoms with Gasteiger partial charge in [-0.2, -0.15) is 0 Å². The highest BCUT2D eigenvalue weighted by molar-refractivity contribution is 7.80. The Morgan fingerprint density at radius 2 is 2.10 bits per heavy atom. The van der Waals surface area contributed by atoms with E-state index in [2.05, 4.69) is 18.7 Å². The first-order valence-electron chi connectivity index (χ1n) is 7.33. The van der Waals surface area contributed by atoms with Crippen LogP contribution in [0.15, 0.2) is 18.2 Å². The summed E-state index contributed by atoms with van der Waals surface area (Å²) in [5, 5.41) is 0.687. The molecule has 2 N–H and O–H groups in total. The summed E-state index contributed by atoms with van der Waals surface area (Å²) in [5.74, 6) is 1.58. The van der Waals surface area contributed by atoms with Crippen molar-refractivity contribution >= 4 is 34.5 Å². The molecule has 20 heavy (non-hydrogen) atoms. The van der Waals surface area contributed by atoms with Gasteiger partial charge in [-0.15, -0.1) is 0 Å². The van der Waals surface area contributed by atoms with Crippen molar-refractivity contribution in [1.82, 2.24) is 0 Å². The molecule has 0 aliphatic carbocycles. The van der Waals surface area contributed by atoms with Gasteiger partial charge in [0.25, 0.3) is 0 Å². The Labute approximate surface area is 132 Å². The summed E-state index contributed by atoms with van der Waals surface area (Å²) in [6, 6.07) is 5.85. The van der Waals surface area contributed by atoms with Gasteiger partial charge in [-0.3, -0.25) is 0 Å². The molecule has 1 atom stereocenters. The van der Waals surface area contributed by atoms with Crippen LogP contribution in [0.2, 0.25) is 5.02 Å². The molecule has 110 valence electrons. The number of hydrogen-bond acceptors (Lipinski definition) is 2. The molecule has 0 radical (unpaired) electrons. The van der Waals surface area contributed by atoms with Gasteiger partial charge < -0.3 is 10.6 Å². The number of thiocarbonyl (C=S) groups is 1. The van der Waals surface area contributed by atoms with Gasteiger partial charge in [-0.25, -0.2) is 0 Å². The monoisotopic (exact) mass is 310 g/mol. The normalized spacial score (nSPS) is 20.0. The van der Waals surface area contributed by atoms with Crippen LogP contribution in [0.1, 0.15) is 38.7 Å². The molecule has 1 saturated heterocycles. The quantitative estimate of drug-likeness (QED) is 0.847. The van der Waals surface area contributed by atoms with E-state index in [9.17, 15) is 0 Å². The maximum Gasteiger partial charge on any atom is 0.106 e. The fraction of sp³-hybridized carbons (Fsp3) is 0.562. The van der Waals surface area contributed by atoms with Crippen molar-refractivity contribution in [2.75, 3.05) is 18.0 Å². The van der Waals surface area contributed by atoms with Crippen molar-refractivity contribution < 1.29 is 0 Å². The lowest BCUT2D eigenvalue weighted by molar-refractivity contribution is 0.351. The van der Waals surface area contributed by atoms with Gasteiger partial charge >= 0.3 is 0 Å². The van der Waals surface area contributed by atoms with Gasteiger partial charge in [-0.05, 0) is 49.3 Å². The second-order valence-electron chi connectivity index (χ2n) is 5.95. The van der Waals surface area contributed by atoms with Crippen molar-refractivity contribution in [1.29, 1.82) is 0 Å². The van der Waals surface area contributed by atoms with Gasteiger partial charge in [0.1, 0.15) is 4.99 Å². The predicted molar refractivity (Wildman–Crippen MR) is 91.7 cm³/mol. The largest absolute Gasteiger partial charge is 0.389 e. The minimum absolute atomic E-state index is 0.423. The van der Waals surface area contributed by atoms with E-state index in [-0.39, 0.29) is 0 Å². The third-order valence-electron chi connectivity index (χ3n) is 4.28. The van der Waals surface area contributed by atoms with Crippen LogP contribution in [0, 0.1) is 11.8 Å². The molecule has 2 nitrogen and oxygen atoms in total. The highest BCUT2D eigenvalue weighted by Crippen LogP contribution is 2.30. The average Bonchev–Trinajstić information content (AvgIpc) is 2.64. The zero-order chi connectivity index (χ0) is 14.7. The fourth-order valence-corrected chi connectivity index (χ4v) is 3.35. The van der Waals surface area contributed by atoms with E-state index < -0.39 is 0 Å². The van der Waals surface area contributed by atoms with Crippen LogP contribution in [0.5, 0.6) is 0 Å². The van der Waals surface area contributed by atoms with E-state index in [4.69, 9.17) is 29.6 Å². The number of benzene rings is 1. The Hall–Kier alpha value is -0.800. The molecule has 1 aromatic rings. The molecule has 0 amide bonds. The molecule has 1 heterocycles. The van der Waals surface area contributed by atoms with Gasteiger partial charge in [0.2, 0.25) is 0 Å². The number of nitrogens with two attached hydrogens (primary N) is 1. The summed E-state index contributed by atoms with van der Waals surface area (Å²) in [6.45, 7) is 6.78. The van der Waals surface area contributed by atoms with Gasteiger partial charge in [0.15, 0.2) is 0 Å². The van der Waals surface area contributed by atoms with Crippen LogP contribution in [0.25, 0.3) is 0 Å². The number of anilines is 1. The Bertz CT molecular complexity index is 487. The third-order valence-corrected chi connectivity index (χ3v) is 4.74. The first-order chi connectivity index (χ1) is 9.49. The maximum absolute atomic E-state index is 6.06. The second kappa shape index (κ2) is 6.77. The molecule has 4 heteroatoms. The van der Waals surface area contributed by atoms with E-state index in [1.165, 1.54) is 19.3 Å². The van der Waals surface area contributed by atoms with Crippen LogP contribution < -0.4 is 10.6 Å². The lowest BCUT2D eigenvalue weighted by Gasteiger charge is -2.26. The van der Waals surface area contributed by atoms with Crippen molar-refractivity contribution in [3.05, 3.63) is 28.8 Å². The summed E-state index contributed by atoms with van der Waals surface area (Å²) in [5.41, 5.74) is 7.88. The highest BCUT2D eigenvalue weighted by atomic mass is 35.5. The number of rotatable bonds is 3. The zero-order valence-corrected chi connectivity index (χ0v) is 13.8. The molecule has 2 rings (SSSR count). The van der Waals surface area contributed by atoms with Gasteiger partial charge in [0.05, 0.1) is 0 Å². The van der Waals surface area contributed by atoms with E-state index in [1.54, 1.807) is 0 Å². The van der Waals surface area contributed by atoms with E-state index in [1.807, 2.05) is 18.2 Å². The standard InChI is InChI=1S/C16H23ClN2S/c1-11(2)12-4-3-8-19(9-7-12)15-6-5-13(17)10-14(15)16(18)20/h5-6,10-12H,3-4,7-9H2,1-2H3,(H2,18,20). The smallest absolute Gasteiger partial charge is 0.106 e. The van der Waals surface area contributed by atoms with Crippen molar-refractivity contribution in [2.45, 2.75) is 33.1 Å². The molecule has 0 saturated carbocycles. The van der Waals surface area contributed by atoms with E-state index in [0.29, 0.717) is 10.0 Å². The molecule has 0 bridgehead atoms. The van der Waals surface area contributed by atoms with Crippen molar-refractivity contribution in [3.8, 4) is 0 Å². The van der Waals surface area contributed by atoms with Crippen LogP contribution in [0.3, 0.4) is 0 Å². The molecule has 1 aromatic carbocycles. The van der Waals surface area contributed by atoms with Crippen LogP contribution >= 0.6 is 23.8 Å². The SMILES string of the molecule is CC(C)C1CCCN(c2ccc(Cl)cc2C(N)=S)CC1. The second-order valence-corrected chi connectivity index (χ2v) is 6.82. The molecule has 1 aliphatic rings. The number of hydrogen-bond donors (Lipinski definition) is 1. The Morgan fingerprint density at radius 1 is 1.35 bits per heavy atom. The first-order valence-corrected chi connectivity index (χ1v) is 8.12. The molecule has 1 fully saturated rings. The summed E-state index contributed by atoms with van der Waals surface area (Å²) in [6.07, 6.45) is 3.77. The average molecular weight is 311 g/mol. The van der Waals surface area contributed by atoms with Gasteiger partial charge in [0, 0.05) is 29.4 Å². The number of nitrogens with zero attached hydrogens (tertiary/aromatic N) is 1. The molecular formula is C16H23ClN2S. The highest BCUT2D eigenvalue weighted by Gasteiger charge is 2.21. The molecule has 0 aromatic heterocycles. The molecule has 1 aliphatic heterocycles. The first kappa shape index (κ1) is 15.6. The van der Waals surface area contributed by atoms with Crippen molar-refractivity contribution in [2.24, 2.45) is 17.6 Å². The van der Waals surface area contributed by atoms with Crippen LogP contribution in [-0.4, -0.2) is 18.1 Å².